The molecule has 0 saturated carbocycles. The predicted molar refractivity (Wildman–Crippen MR) is 96.9 cm³/mol. The fourth-order valence-electron chi connectivity index (χ4n) is 2.18. The van der Waals surface area contributed by atoms with Crippen LogP contribution in [-0.2, 0) is 5.41 Å². The Labute approximate surface area is 140 Å². The van der Waals surface area contributed by atoms with E-state index in [1.807, 2.05) is 43.3 Å². The van der Waals surface area contributed by atoms with Crippen LogP contribution in [0.5, 0.6) is 5.75 Å². The lowest BCUT2D eigenvalue weighted by atomic mass is 9.84. The molecule has 0 bridgehead atoms. The third-order valence-electron chi connectivity index (χ3n) is 3.33. The molecule has 4 heteroatoms. The van der Waals surface area contributed by atoms with E-state index in [0.29, 0.717) is 5.75 Å². The molecule has 0 radical (unpaired) electrons. The molecule has 3 nitrogen and oxygen atoms in total. The van der Waals surface area contributed by atoms with Crippen molar-refractivity contribution in [3.8, 4) is 5.75 Å². The van der Waals surface area contributed by atoms with Crippen LogP contribution in [-0.4, -0.2) is 11.3 Å². The predicted octanol–water partition coefficient (Wildman–Crippen LogP) is 5.21. The summed E-state index contributed by atoms with van der Waals surface area (Å²) in [5.41, 5.74) is 6.49. The topological polar surface area (TPSA) is 44.6 Å². The number of hydrazone groups is 1. The van der Waals surface area contributed by atoms with E-state index in [2.05, 4.69) is 47.2 Å². The van der Waals surface area contributed by atoms with Crippen LogP contribution in [0.3, 0.4) is 0 Å². The Morgan fingerprint density at radius 2 is 1.77 bits per heavy atom. The van der Waals surface area contributed by atoms with E-state index in [1.165, 1.54) is 0 Å². The molecule has 0 atom stereocenters. The molecule has 0 aromatic heterocycles. The minimum absolute atomic E-state index is 0.113. The van der Waals surface area contributed by atoms with Gasteiger partial charge in [-0.1, -0.05) is 42.8 Å². The number of phenols is 1. The lowest BCUT2D eigenvalue weighted by Crippen LogP contribution is -2.12. The maximum atomic E-state index is 10.5. The molecule has 2 aromatic carbocycles. The minimum atomic E-state index is -0.113. The number of phenolic OH excluding ortho intramolecular Hbond substituents is 1. The molecular weight excluding hydrogens is 340 g/mol. The molecule has 0 amide bonds. The first-order valence-electron chi connectivity index (χ1n) is 7.16. The third-order valence-corrected chi connectivity index (χ3v) is 3.86. The van der Waals surface area contributed by atoms with Gasteiger partial charge in [-0.05, 0) is 48.2 Å². The molecule has 0 aliphatic heterocycles. The van der Waals surface area contributed by atoms with Gasteiger partial charge >= 0.3 is 0 Å². The van der Waals surface area contributed by atoms with E-state index >= 15 is 0 Å². The van der Waals surface area contributed by atoms with Gasteiger partial charge in [-0.2, -0.15) is 5.10 Å². The van der Waals surface area contributed by atoms with Crippen LogP contribution < -0.4 is 5.43 Å². The van der Waals surface area contributed by atoms with Gasteiger partial charge in [-0.3, -0.25) is 5.43 Å². The van der Waals surface area contributed by atoms with E-state index in [0.717, 1.165) is 26.9 Å². The number of anilines is 1. The first-order valence-corrected chi connectivity index (χ1v) is 7.95. The number of hydrogen-bond donors (Lipinski definition) is 2. The van der Waals surface area contributed by atoms with Gasteiger partial charge in [-0.15, -0.1) is 0 Å². The zero-order valence-corrected chi connectivity index (χ0v) is 14.9. The van der Waals surface area contributed by atoms with Crippen molar-refractivity contribution in [2.45, 2.75) is 33.1 Å². The Bertz CT molecular complexity index is 685. The monoisotopic (exact) mass is 360 g/mol. The van der Waals surface area contributed by atoms with Crippen LogP contribution in [0.25, 0.3) is 0 Å². The van der Waals surface area contributed by atoms with Crippen molar-refractivity contribution in [1.82, 2.24) is 0 Å². The Kier molecular flexibility index (Phi) is 4.91. The van der Waals surface area contributed by atoms with Crippen molar-refractivity contribution < 1.29 is 5.11 Å². The highest BCUT2D eigenvalue weighted by molar-refractivity contribution is 9.10. The number of aryl methyl sites for hydroxylation is 1. The van der Waals surface area contributed by atoms with Gasteiger partial charge in [0.2, 0.25) is 0 Å². The quantitative estimate of drug-likeness (QED) is 0.583. The van der Waals surface area contributed by atoms with Crippen molar-refractivity contribution >= 4 is 27.8 Å². The van der Waals surface area contributed by atoms with Gasteiger partial charge in [0.05, 0.1) is 11.9 Å². The molecule has 0 spiro atoms. The number of benzene rings is 2. The van der Waals surface area contributed by atoms with Crippen LogP contribution in [0.1, 0.15) is 37.5 Å². The summed E-state index contributed by atoms with van der Waals surface area (Å²) in [6.45, 7) is 8.28. The Morgan fingerprint density at radius 3 is 2.36 bits per heavy atom. The summed E-state index contributed by atoms with van der Waals surface area (Å²) in [6.07, 6.45) is 1.65. The molecule has 2 aromatic rings. The second kappa shape index (κ2) is 6.53. The highest BCUT2D eigenvalue weighted by Crippen LogP contribution is 2.33. The molecular formula is C18H21BrN2O. The van der Waals surface area contributed by atoms with E-state index < -0.39 is 0 Å². The minimum Gasteiger partial charge on any atom is -0.507 e. The smallest absolute Gasteiger partial charge is 0.128 e. The van der Waals surface area contributed by atoms with Crippen LogP contribution in [0.4, 0.5) is 5.69 Å². The standard InChI is InChI=1S/C18H21BrN2O/c1-12-9-13(17(22)16(10-12)18(2,3)4)11-20-21-15-7-5-14(19)6-8-15/h5-11,21-22H,1-4H3. The Morgan fingerprint density at radius 1 is 1.14 bits per heavy atom. The maximum absolute atomic E-state index is 10.5. The highest BCUT2D eigenvalue weighted by Gasteiger charge is 2.20. The summed E-state index contributed by atoms with van der Waals surface area (Å²) >= 11 is 3.40. The van der Waals surface area contributed by atoms with E-state index in [4.69, 9.17) is 0 Å². The first-order chi connectivity index (χ1) is 10.3. The summed E-state index contributed by atoms with van der Waals surface area (Å²) in [7, 11) is 0. The van der Waals surface area contributed by atoms with Gasteiger partial charge in [0.15, 0.2) is 0 Å². The molecule has 2 N–H and O–H groups in total. The van der Waals surface area contributed by atoms with E-state index in [-0.39, 0.29) is 5.41 Å². The van der Waals surface area contributed by atoms with Crippen LogP contribution >= 0.6 is 15.9 Å². The van der Waals surface area contributed by atoms with Crippen LogP contribution in [0.2, 0.25) is 0 Å². The van der Waals surface area contributed by atoms with Crippen molar-refractivity contribution in [1.29, 1.82) is 0 Å². The van der Waals surface area contributed by atoms with Gasteiger partial charge < -0.3 is 5.11 Å². The molecule has 0 heterocycles. The summed E-state index contributed by atoms with van der Waals surface area (Å²) in [5.74, 6) is 0.291. The van der Waals surface area contributed by atoms with Crippen molar-refractivity contribution in [3.63, 3.8) is 0 Å². The number of nitrogens with zero attached hydrogens (tertiary/aromatic N) is 1. The second-order valence-electron chi connectivity index (χ2n) is 6.38. The number of nitrogens with one attached hydrogen (secondary N) is 1. The summed E-state index contributed by atoms with van der Waals surface area (Å²) < 4.78 is 1.02. The number of rotatable bonds is 3. The van der Waals surface area contributed by atoms with Gasteiger partial charge in [0.1, 0.15) is 5.75 Å². The van der Waals surface area contributed by atoms with Crippen molar-refractivity contribution in [2.24, 2.45) is 5.10 Å². The zero-order valence-electron chi connectivity index (χ0n) is 13.3. The van der Waals surface area contributed by atoms with Crippen molar-refractivity contribution in [2.75, 3.05) is 5.43 Å². The second-order valence-corrected chi connectivity index (χ2v) is 7.29. The van der Waals surface area contributed by atoms with Crippen LogP contribution in [0.15, 0.2) is 46.0 Å². The fraction of sp³-hybridized carbons (Fsp3) is 0.278. The SMILES string of the molecule is Cc1cc(C=NNc2ccc(Br)cc2)c(O)c(C(C)(C)C)c1. The normalized spacial score (nSPS) is 11.9. The molecule has 0 fully saturated rings. The number of hydrogen-bond acceptors (Lipinski definition) is 3. The molecule has 116 valence electrons. The summed E-state index contributed by atoms with van der Waals surface area (Å²) in [4.78, 5) is 0. The maximum Gasteiger partial charge on any atom is 0.128 e. The van der Waals surface area contributed by atoms with Crippen molar-refractivity contribution in [3.05, 3.63) is 57.6 Å². The van der Waals surface area contributed by atoms with E-state index in [1.54, 1.807) is 6.21 Å². The van der Waals surface area contributed by atoms with E-state index in [9.17, 15) is 5.11 Å². The van der Waals surface area contributed by atoms with Crippen LogP contribution in [0, 0.1) is 6.92 Å². The average molecular weight is 361 g/mol. The van der Waals surface area contributed by atoms with Gasteiger partial charge in [-0.25, -0.2) is 0 Å². The highest BCUT2D eigenvalue weighted by atomic mass is 79.9. The molecule has 0 aliphatic carbocycles. The van der Waals surface area contributed by atoms with Gasteiger partial charge in [0.25, 0.3) is 0 Å². The summed E-state index contributed by atoms with van der Waals surface area (Å²) in [6, 6.07) is 11.7. The Hall–Kier alpha value is -1.81. The largest absolute Gasteiger partial charge is 0.507 e. The molecule has 0 unspecified atom stereocenters. The number of halogens is 1. The fourth-order valence-corrected chi connectivity index (χ4v) is 2.44. The third kappa shape index (κ3) is 4.10. The molecule has 2 rings (SSSR count). The molecule has 22 heavy (non-hydrogen) atoms. The Balaban J connectivity index is 2.24. The lowest BCUT2D eigenvalue weighted by molar-refractivity contribution is 0.445. The number of aromatic hydroxyl groups is 1. The average Bonchev–Trinajstić information content (AvgIpc) is 2.43. The molecule has 0 aliphatic rings. The summed E-state index contributed by atoms with van der Waals surface area (Å²) in [5, 5.41) is 14.7. The lowest BCUT2D eigenvalue weighted by Gasteiger charge is -2.22. The first kappa shape index (κ1) is 16.6. The molecule has 0 saturated heterocycles. The van der Waals surface area contributed by atoms with Gasteiger partial charge in [0, 0.05) is 15.6 Å². The zero-order chi connectivity index (χ0) is 16.3.